The smallest absolute Gasteiger partial charge is 0.294 e. The van der Waals surface area contributed by atoms with Crippen molar-refractivity contribution in [2.24, 2.45) is 0 Å². The van der Waals surface area contributed by atoms with Crippen LogP contribution in [0.2, 0.25) is 0 Å². The normalized spacial score (nSPS) is 11.4. The van der Waals surface area contributed by atoms with Crippen LogP contribution in [-0.2, 0) is 16.5 Å². The number of hydrogen-bond acceptors (Lipinski definition) is 4. The van der Waals surface area contributed by atoms with Crippen molar-refractivity contribution in [1.29, 1.82) is 0 Å². The van der Waals surface area contributed by atoms with Crippen molar-refractivity contribution in [3.05, 3.63) is 53.6 Å². The van der Waals surface area contributed by atoms with Gasteiger partial charge in [-0.3, -0.25) is 4.55 Å². The SMILES string of the molecule is Nc1ccc(Cc2ccc(N)cc2S(=O)(=O)O)cc1. The summed E-state index contributed by atoms with van der Waals surface area (Å²) in [5, 5.41) is 0. The predicted molar refractivity (Wildman–Crippen MR) is 74.3 cm³/mol. The first-order valence-electron chi connectivity index (χ1n) is 5.56. The number of benzene rings is 2. The molecule has 5 N–H and O–H groups in total. The van der Waals surface area contributed by atoms with E-state index in [0.717, 1.165) is 5.56 Å². The molecular weight excluding hydrogens is 264 g/mol. The van der Waals surface area contributed by atoms with Crippen LogP contribution in [0.3, 0.4) is 0 Å². The number of nitrogens with two attached hydrogens (primary N) is 2. The minimum absolute atomic E-state index is 0.163. The first-order chi connectivity index (χ1) is 8.86. The summed E-state index contributed by atoms with van der Waals surface area (Å²) in [4.78, 5) is -0.163. The fourth-order valence-corrected chi connectivity index (χ4v) is 2.57. The van der Waals surface area contributed by atoms with Crippen LogP contribution in [0.15, 0.2) is 47.4 Å². The lowest BCUT2D eigenvalue weighted by Crippen LogP contribution is -2.05. The van der Waals surface area contributed by atoms with E-state index in [4.69, 9.17) is 11.5 Å². The molecule has 0 radical (unpaired) electrons. The maximum Gasteiger partial charge on any atom is 0.294 e. The lowest BCUT2D eigenvalue weighted by atomic mass is 10.0. The summed E-state index contributed by atoms with van der Waals surface area (Å²) < 4.78 is 31.9. The highest BCUT2D eigenvalue weighted by Crippen LogP contribution is 2.22. The second kappa shape index (κ2) is 4.91. The van der Waals surface area contributed by atoms with E-state index in [2.05, 4.69) is 0 Å². The van der Waals surface area contributed by atoms with Crippen LogP contribution in [0.25, 0.3) is 0 Å². The number of nitrogen functional groups attached to an aromatic ring is 2. The Bertz CT molecular complexity index is 694. The molecule has 0 heterocycles. The van der Waals surface area contributed by atoms with Crippen LogP contribution < -0.4 is 11.5 Å². The molecule has 0 atom stereocenters. The molecule has 0 bridgehead atoms. The van der Waals surface area contributed by atoms with E-state index in [-0.39, 0.29) is 10.6 Å². The summed E-state index contributed by atoms with van der Waals surface area (Å²) in [5.74, 6) is 0. The van der Waals surface area contributed by atoms with Crippen LogP contribution in [0.4, 0.5) is 11.4 Å². The van der Waals surface area contributed by atoms with Gasteiger partial charge in [-0.05, 0) is 41.8 Å². The van der Waals surface area contributed by atoms with Gasteiger partial charge in [0.15, 0.2) is 0 Å². The van der Waals surface area contributed by atoms with Gasteiger partial charge in [-0.1, -0.05) is 18.2 Å². The molecule has 2 aromatic rings. The Morgan fingerprint density at radius 1 is 0.947 bits per heavy atom. The summed E-state index contributed by atoms with van der Waals surface area (Å²) >= 11 is 0. The largest absolute Gasteiger partial charge is 0.399 e. The van der Waals surface area contributed by atoms with Crippen LogP contribution in [-0.4, -0.2) is 13.0 Å². The van der Waals surface area contributed by atoms with Crippen molar-refractivity contribution in [1.82, 2.24) is 0 Å². The van der Waals surface area contributed by atoms with Gasteiger partial charge < -0.3 is 11.5 Å². The average Bonchev–Trinajstić information content (AvgIpc) is 2.33. The molecule has 0 aliphatic heterocycles. The van der Waals surface area contributed by atoms with Gasteiger partial charge in [0, 0.05) is 11.4 Å². The van der Waals surface area contributed by atoms with Crippen LogP contribution in [0, 0.1) is 0 Å². The predicted octanol–water partition coefficient (Wildman–Crippen LogP) is 1.69. The maximum atomic E-state index is 11.3. The van der Waals surface area contributed by atoms with Gasteiger partial charge in [0.2, 0.25) is 0 Å². The van der Waals surface area contributed by atoms with Gasteiger partial charge in [0.25, 0.3) is 10.1 Å². The van der Waals surface area contributed by atoms with E-state index >= 15 is 0 Å². The maximum absolute atomic E-state index is 11.3. The Morgan fingerprint density at radius 3 is 2.11 bits per heavy atom. The zero-order valence-corrected chi connectivity index (χ0v) is 10.9. The minimum atomic E-state index is -4.29. The fourth-order valence-electron chi connectivity index (χ4n) is 1.81. The Labute approximate surface area is 111 Å². The second-order valence-corrected chi connectivity index (χ2v) is 5.65. The van der Waals surface area contributed by atoms with E-state index in [1.165, 1.54) is 6.07 Å². The Morgan fingerprint density at radius 2 is 1.53 bits per heavy atom. The quantitative estimate of drug-likeness (QED) is 0.585. The van der Waals surface area contributed by atoms with Crippen LogP contribution >= 0.6 is 0 Å². The van der Waals surface area contributed by atoms with Crippen molar-refractivity contribution < 1.29 is 13.0 Å². The molecule has 5 nitrogen and oxygen atoms in total. The van der Waals surface area contributed by atoms with E-state index in [1.807, 2.05) is 0 Å². The summed E-state index contributed by atoms with van der Waals surface area (Å²) in [6.07, 6.45) is 0.371. The topological polar surface area (TPSA) is 106 Å². The summed E-state index contributed by atoms with van der Waals surface area (Å²) in [6, 6.07) is 11.5. The number of hydrogen-bond donors (Lipinski definition) is 3. The molecule has 2 rings (SSSR count). The minimum Gasteiger partial charge on any atom is -0.399 e. The van der Waals surface area contributed by atoms with Crippen molar-refractivity contribution in [2.45, 2.75) is 11.3 Å². The Kier molecular flexibility index (Phi) is 3.46. The third kappa shape index (κ3) is 3.24. The van der Waals surface area contributed by atoms with Crippen LogP contribution in [0.5, 0.6) is 0 Å². The first kappa shape index (κ1) is 13.4. The van der Waals surface area contributed by atoms with E-state index < -0.39 is 10.1 Å². The molecule has 0 spiro atoms. The Hall–Kier alpha value is -2.05. The monoisotopic (exact) mass is 278 g/mol. The fraction of sp³-hybridized carbons (Fsp3) is 0.0769. The molecule has 19 heavy (non-hydrogen) atoms. The zero-order chi connectivity index (χ0) is 14.0. The highest BCUT2D eigenvalue weighted by molar-refractivity contribution is 7.85. The molecule has 0 aliphatic rings. The highest BCUT2D eigenvalue weighted by Gasteiger charge is 2.15. The molecule has 0 unspecified atom stereocenters. The molecule has 0 saturated heterocycles. The van der Waals surface area contributed by atoms with Crippen molar-refractivity contribution in [2.75, 3.05) is 11.5 Å². The van der Waals surface area contributed by atoms with Gasteiger partial charge in [-0.2, -0.15) is 8.42 Å². The Balaban J connectivity index is 2.43. The lowest BCUT2D eigenvalue weighted by Gasteiger charge is -2.08. The molecule has 0 amide bonds. The molecule has 0 saturated carbocycles. The zero-order valence-electron chi connectivity index (χ0n) is 10.1. The van der Waals surface area contributed by atoms with E-state index in [9.17, 15) is 13.0 Å². The van der Waals surface area contributed by atoms with Gasteiger partial charge in [-0.25, -0.2) is 0 Å². The molecule has 2 aromatic carbocycles. The molecular formula is C13H14N2O3S. The third-order valence-electron chi connectivity index (χ3n) is 2.74. The first-order valence-corrected chi connectivity index (χ1v) is 7.00. The van der Waals surface area contributed by atoms with Crippen molar-refractivity contribution >= 4 is 21.5 Å². The molecule has 6 heteroatoms. The number of rotatable bonds is 3. The van der Waals surface area contributed by atoms with Crippen molar-refractivity contribution in [3.8, 4) is 0 Å². The third-order valence-corrected chi connectivity index (χ3v) is 3.68. The average molecular weight is 278 g/mol. The van der Waals surface area contributed by atoms with Gasteiger partial charge in [-0.15, -0.1) is 0 Å². The second-order valence-electron chi connectivity index (χ2n) is 4.26. The van der Waals surface area contributed by atoms with Gasteiger partial charge in [0.05, 0.1) is 4.90 Å². The molecule has 0 aliphatic carbocycles. The standard InChI is InChI=1S/C13H14N2O3S/c14-11-4-1-9(2-5-11)7-10-3-6-12(15)8-13(10)19(16,17)18/h1-6,8H,7,14-15H2,(H,16,17,18). The summed E-state index contributed by atoms with van der Waals surface area (Å²) in [7, 11) is -4.29. The number of anilines is 2. The van der Waals surface area contributed by atoms with Gasteiger partial charge >= 0.3 is 0 Å². The highest BCUT2D eigenvalue weighted by atomic mass is 32.2. The van der Waals surface area contributed by atoms with E-state index in [0.29, 0.717) is 17.7 Å². The van der Waals surface area contributed by atoms with Gasteiger partial charge in [0.1, 0.15) is 0 Å². The molecule has 100 valence electrons. The van der Waals surface area contributed by atoms with Crippen LogP contribution in [0.1, 0.15) is 11.1 Å². The molecule has 0 fully saturated rings. The lowest BCUT2D eigenvalue weighted by molar-refractivity contribution is 0.482. The molecule has 0 aromatic heterocycles. The van der Waals surface area contributed by atoms with Crippen molar-refractivity contribution in [3.63, 3.8) is 0 Å². The summed E-state index contributed by atoms with van der Waals surface area (Å²) in [6.45, 7) is 0. The van der Waals surface area contributed by atoms with E-state index in [1.54, 1.807) is 36.4 Å². The summed E-state index contributed by atoms with van der Waals surface area (Å²) in [5.41, 5.74) is 13.4.